The third-order valence-electron chi connectivity index (χ3n) is 3.77. The molecule has 0 saturated heterocycles. The summed E-state index contributed by atoms with van der Waals surface area (Å²) in [4.78, 5) is 16.7. The summed E-state index contributed by atoms with van der Waals surface area (Å²) in [6.07, 6.45) is 1.62. The summed E-state index contributed by atoms with van der Waals surface area (Å²) in [5.41, 5.74) is 2.42. The topological polar surface area (TPSA) is 72.7 Å². The number of para-hydroxylation sites is 1. The number of thioether (sulfide) groups is 1. The number of hydrogen-bond acceptors (Lipinski definition) is 6. The summed E-state index contributed by atoms with van der Waals surface area (Å²) in [6.45, 7) is 0. The van der Waals surface area contributed by atoms with Gasteiger partial charge >= 0.3 is 0 Å². The Kier molecular flexibility index (Phi) is 5.45. The molecule has 2 aromatic carbocycles. The number of thiazole rings is 1. The lowest BCUT2D eigenvalue weighted by molar-refractivity contribution is -0.113. The minimum Gasteiger partial charge on any atom is -0.301 e. The molecule has 0 atom stereocenters. The van der Waals surface area contributed by atoms with Crippen molar-refractivity contribution < 1.29 is 9.18 Å². The summed E-state index contributed by atoms with van der Waals surface area (Å²) >= 11 is 2.61. The minimum atomic E-state index is -0.298. The van der Waals surface area contributed by atoms with Crippen molar-refractivity contribution in [3.63, 3.8) is 0 Å². The first-order valence-corrected chi connectivity index (χ1v) is 10.1. The molecule has 0 aliphatic rings. The zero-order valence-corrected chi connectivity index (χ0v) is 16.1. The second-order valence-electron chi connectivity index (χ2n) is 5.70. The van der Waals surface area contributed by atoms with Gasteiger partial charge in [0.1, 0.15) is 12.1 Å². The smallest absolute Gasteiger partial charge is 0.236 e. The lowest BCUT2D eigenvalue weighted by Crippen LogP contribution is -2.14. The number of aromatic nitrogens is 4. The molecule has 9 heteroatoms. The van der Waals surface area contributed by atoms with Crippen molar-refractivity contribution in [2.75, 3.05) is 11.1 Å². The van der Waals surface area contributed by atoms with E-state index in [2.05, 4.69) is 20.5 Å². The normalized spacial score (nSPS) is 10.8. The van der Waals surface area contributed by atoms with Crippen molar-refractivity contribution in [1.82, 2.24) is 19.7 Å². The van der Waals surface area contributed by atoms with Crippen molar-refractivity contribution in [1.29, 1.82) is 0 Å². The number of halogens is 1. The molecule has 140 valence electrons. The van der Waals surface area contributed by atoms with Crippen LogP contribution in [-0.4, -0.2) is 31.4 Å². The Balaban J connectivity index is 1.37. The summed E-state index contributed by atoms with van der Waals surface area (Å²) in [6, 6.07) is 15.8. The van der Waals surface area contributed by atoms with Crippen LogP contribution < -0.4 is 5.32 Å². The van der Waals surface area contributed by atoms with Gasteiger partial charge < -0.3 is 5.32 Å². The Morgan fingerprint density at radius 2 is 1.93 bits per heavy atom. The molecule has 4 rings (SSSR count). The van der Waals surface area contributed by atoms with E-state index in [1.54, 1.807) is 18.5 Å². The first kappa shape index (κ1) is 18.3. The molecule has 0 aliphatic carbocycles. The van der Waals surface area contributed by atoms with E-state index in [0.717, 1.165) is 11.3 Å². The highest BCUT2D eigenvalue weighted by atomic mass is 32.2. The van der Waals surface area contributed by atoms with Crippen molar-refractivity contribution in [2.24, 2.45) is 0 Å². The molecular formula is C19H14FN5OS2. The van der Waals surface area contributed by atoms with Gasteiger partial charge in [0.25, 0.3) is 0 Å². The van der Waals surface area contributed by atoms with Gasteiger partial charge in [-0.1, -0.05) is 30.0 Å². The molecule has 0 fully saturated rings. The maximum Gasteiger partial charge on any atom is 0.236 e. The predicted molar refractivity (Wildman–Crippen MR) is 108 cm³/mol. The highest BCUT2D eigenvalue weighted by Crippen LogP contribution is 2.25. The number of carbonyl (C=O) groups excluding carboxylic acids is 1. The molecule has 0 saturated carbocycles. The molecule has 2 heterocycles. The van der Waals surface area contributed by atoms with Crippen LogP contribution in [0.4, 0.5) is 9.52 Å². The van der Waals surface area contributed by atoms with Crippen molar-refractivity contribution in [2.45, 2.75) is 5.16 Å². The second kappa shape index (κ2) is 8.32. The fourth-order valence-corrected chi connectivity index (χ4v) is 3.92. The molecule has 2 aromatic heterocycles. The molecule has 0 bridgehead atoms. The van der Waals surface area contributed by atoms with E-state index in [9.17, 15) is 9.18 Å². The van der Waals surface area contributed by atoms with Gasteiger partial charge in [-0.3, -0.25) is 9.36 Å². The van der Waals surface area contributed by atoms with Crippen LogP contribution in [0.5, 0.6) is 0 Å². The van der Waals surface area contributed by atoms with Gasteiger partial charge in [-0.25, -0.2) is 9.37 Å². The monoisotopic (exact) mass is 411 g/mol. The zero-order chi connectivity index (χ0) is 19.3. The fraction of sp³-hybridized carbons (Fsp3) is 0.0526. The zero-order valence-electron chi connectivity index (χ0n) is 14.4. The fourth-order valence-electron chi connectivity index (χ4n) is 2.46. The number of rotatable bonds is 6. The van der Waals surface area contributed by atoms with Crippen LogP contribution in [0.15, 0.2) is 71.5 Å². The van der Waals surface area contributed by atoms with E-state index in [-0.39, 0.29) is 17.5 Å². The van der Waals surface area contributed by atoms with Crippen molar-refractivity contribution >= 4 is 34.1 Å². The molecule has 0 spiro atoms. The first-order valence-electron chi connectivity index (χ1n) is 8.28. The van der Waals surface area contributed by atoms with E-state index in [0.29, 0.717) is 16.0 Å². The number of carbonyl (C=O) groups is 1. The van der Waals surface area contributed by atoms with Gasteiger partial charge in [0.15, 0.2) is 10.3 Å². The Hall–Kier alpha value is -3.04. The van der Waals surface area contributed by atoms with Crippen LogP contribution in [0.3, 0.4) is 0 Å². The van der Waals surface area contributed by atoms with Crippen molar-refractivity contribution in [3.8, 4) is 16.9 Å². The second-order valence-corrected chi connectivity index (χ2v) is 7.50. The average Bonchev–Trinajstić information content (AvgIpc) is 3.37. The van der Waals surface area contributed by atoms with Gasteiger partial charge in [0, 0.05) is 16.6 Å². The number of amides is 1. The number of benzene rings is 2. The van der Waals surface area contributed by atoms with Crippen molar-refractivity contribution in [3.05, 3.63) is 72.1 Å². The van der Waals surface area contributed by atoms with Crippen LogP contribution in [0.1, 0.15) is 0 Å². The standard InChI is InChI=1S/C19H14FN5OS2/c20-14-8-6-13(7-9-14)16-10-27-18(22-16)23-17(26)11-28-19-24-21-12-25(19)15-4-2-1-3-5-15/h1-10,12H,11H2,(H,22,23,26). The SMILES string of the molecule is O=C(CSc1nncn1-c1ccccc1)Nc1nc(-c2ccc(F)cc2)cs1. The molecule has 6 nitrogen and oxygen atoms in total. The molecule has 28 heavy (non-hydrogen) atoms. The molecular weight excluding hydrogens is 397 g/mol. The minimum absolute atomic E-state index is 0.178. The molecule has 0 radical (unpaired) electrons. The van der Waals surface area contributed by atoms with E-state index in [1.807, 2.05) is 40.3 Å². The van der Waals surface area contributed by atoms with Gasteiger partial charge in [0.05, 0.1) is 11.4 Å². The number of nitrogens with one attached hydrogen (secondary N) is 1. The van der Waals surface area contributed by atoms with Gasteiger partial charge in [-0.05, 0) is 36.4 Å². The van der Waals surface area contributed by atoms with E-state index in [4.69, 9.17) is 0 Å². The molecule has 1 amide bonds. The first-order chi connectivity index (χ1) is 13.7. The summed E-state index contributed by atoms with van der Waals surface area (Å²) in [5.74, 6) is -0.308. The summed E-state index contributed by atoms with van der Waals surface area (Å²) in [7, 11) is 0. The highest BCUT2D eigenvalue weighted by Gasteiger charge is 2.12. The molecule has 0 unspecified atom stereocenters. The maximum absolute atomic E-state index is 13.0. The number of anilines is 1. The van der Waals surface area contributed by atoms with Gasteiger partial charge in [-0.2, -0.15) is 0 Å². The maximum atomic E-state index is 13.0. The lowest BCUT2D eigenvalue weighted by Gasteiger charge is -2.05. The van der Waals surface area contributed by atoms with Crippen LogP contribution in [0, 0.1) is 5.82 Å². The molecule has 0 aliphatic heterocycles. The third kappa shape index (κ3) is 4.26. The Morgan fingerprint density at radius 3 is 2.71 bits per heavy atom. The van der Waals surface area contributed by atoms with Crippen LogP contribution in [0.2, 0.25) is 0 Å². The molecule has 1 N–H and O–H groups in total. The number of nitrogens with zero attached hydrogens (tertiary/aromatic N) is 4. The summed E-state index contributed by atoms with van der Waals surface area (Å²) < 4.78 is 14.9. The quantitative estimate of drug-likeness (QED) is 0.480. The van der Waals surface area contributed by atoms with E-state index < -0.39 is 0 Å². The largest absolute Gasteiger partial charge is 0.301 e. The highest BCUT2D eigenvalue weighted by molar-refractivity contribution is 7.99. The van der Waals surface area contributed by atoms with Crippen LogP contribution in [0.25, 0.3) is 16.9 Å². The van der Waals surface area contributed by atoms with E-state index in [1.165, 1.54) is 35.2 Å². The number of hydrogen-bond donors (Lipinski definition) is 1. The van der Waals surface area contributed by atoms with Crippen LogP contribution in [-0.2, 0) is 4.79 Å². The van der Waals surface area contributed by atoms with Crippen LogP contribution >= 0.6 is 23.1 Å². The Morgan fingerprint density at radius 1 is 1.14 bits per heavy atom. The van der Waals surface area contributed by atoms with Gasteiger partial charge in [-0.15, -0.1) is 21.5 Å². The Bertz CT molecular complexity index is 1080. The van der Waals surface area contributed by atoms with Gasteiger partial charge in [0.2, 0.25) is 5.91 Å². The lowest BCUT2D eigenvalue weighted by atomic mass is 10.2. The van der Waals surface area contributed by atoms with E-state index >= 15 is 0 Å². The predicted octanol–water partition coefficient (Wildman–Crippen LogP) is 4.26. The molecule has 4 aromatic rings. The third-order valence-corrected chi connectivity index (χ3v) is 5.47. The Labute approximate surface area is 168 Å². The summed E-state index contributed by atoms with van der Waals surface area (Å²) in [5, 5.41) is 13.7. The average molecular weight is 411 g/mol.